The number of rotatable bonds is 10. The van der Waals surface area contributed by atoms with E-state index in [1.54, 1.807) is 17.0 Å². The molecular weight excluding hydrogens is 448 g/mol. The Hall–Kier alpha value is -2.39. The molecule has 4 aliphatic carbocycles. The van der Waals surface area contributed by atoms with E-state index in [9.17, 15) is 14.7 Å². The number of nitrogens with one attached hydrogen (secondary N) is 2. The van der Waals surface area contributed by atoms with Crippen molar-refractivity contribution < 1.29 is 24.2 Å². The number of methoxy groups -OCH3 is 1. The molecule has 1 heterocycles. The van der Waals surface area contributed by atoms with Gasteiger partial charge >= 0.3 is 0 Å². The Morgan fingerprint density at radius 2 is 1.97 bits per heavy atom. The van der Waals surface area contributed by atoms with Crippen LogP contribution in [0.15, 0.2) is 12.3 Å². The fourth-order valence-electron chi connectivity index (χ4n) is 6.27. The zero-order valence-corrected chi connectivity index (χ0v) is 21.5. The van der Waals surface area contributed by atoms with Crippen LogP contribution in [0.2, 0.25) is 0 Å². The minimum atomic E-state index is -0.653. The number of aromatic nitrogens is 2. The fourth-order valence-corrected chi connectivity index (χ4v) is 6.27. The van der Waals surface area contributed by atoms with Gasteiger partial charge in [-0.05, 0) is 75.7 Å². The van der Waals surface area contributed by atoms with Crippen molar-refractivity contribution in [3.8, 4) is 5.88 Å². The first kappa shape index (κ1) is 25.7. The maximum absolute atomic E-state index is 13.4. The Kier molecular flexibility index (Phi) is 7.29. The lowest BCUT2D eigenvalue weighted by Crippen LogP contribution is -2.61. The van der Waals surface area contributed by atoms with Crippen LogP contribution in [0, 0.1) is 23.7 Å². The third-order valence-corrected chi connectivity index (χ3v) is 7.46. The van der Waals surface area contributed by atoms with E-state index in [2.05, 4.69) is 15.7 Å². The highest BCUT2D eigenvalue weighted by Crippen LogP contribution is 2.55. The molecular formula is C26H40N4O5. The van der Waals surface area contributed by atoms with E-state index < -0.39 is 11.1 Å². The summed E-state index contributed by atoms with van der Waals surface area (Å²) in [5.41, 5.74) is -0.797. The number of ether oxygens (including phenoxy) is 2. The van der Waals surface area contributed by atoms with Crippen molar-refractivity contribution in [2.45, 2.75) is 77.0 Å². The van der Waals surface area contributed by atoms with Crippen LogP contribution in [0.25, 0.3) is 6.20 Å². The number of carbonyl (C=O) groups is 2. The molecule has 0 aromatic carbocycles. The van der Waals surface area contributed by atoms with E-state index >= 15 is 0 Å². The first-order chi connectivity index (χ1) is 16.5. The van der Waals surface area contributed by atoms with Gasteiger partial charge in [-0.1, -0.05) is 13.8 Å². The topological polar surface area (TPSA) is 115 Å². The van der Waals surface area contributed by atoms with Crippen molar-refractivity contribution in [2.75, 3.05) is 20.3 Å². The molecule has 0 saturated heterocycles. The highest BCUT2D eigenvalue weighted by molar-refractivity contribution is 5.96. The van der Waals surface area contributed by atoms with E-state index in [-0.39, 0.29) is 30.4 Å². The number of hydrogen-bond donors (Lipinski definition) is 3. The molecule has 0 radical (unpaired) electrons. The highest BCUT2D eigenvalue weighted by Gasteiger charge is 2.55. The van der Waals surface area contributed by atoms with Crippen LogP contribution < -0.4 is 15.4 Å². The van der Waals surface area contributed by atoms with Gasteiger partial charge in [-0.3, -0.25) is 9.59 Å². The van der Waals surface area contributed by atoms with E-state index in [4.69, 9.17) is 9.47 Å². The fraction of sp³-hybridized carbons (Fsp3) is 0.731. The molecule has 1 aromatic heterocycles. The van der Waals surface area contributed by atoms with Crippen LogP contribution >= 0.6 is 0 Å². The standard InChI is InChI=1S/C26H40N4O5/c1-16(2)14-35-24-20(13-27-30(24)7-6-25(3,4)29-21(31)15-34-5)23(32)28-22-18-8-17-9-19(22)12-26(33,10-17)11-18/h6-7,13,16-19,22,33H,8-12,14-15H2,1-5H3,(H,28,32)(H,29,31)/b7-6+/t17?,18?,19?,22-,26-. The number of hydrogen-bond acceptors (Lipinski definition) is 6. The largest absolute Gasteiger partial charge is 0.477 e. The number of aliphatic hydroxyl groups is 1. The summed E-state index contributed by atoms with van der Waals surface area (Å²) in [7, 11) is 1.47. The van der Waals surface area contributed by atoms with Gasteiger partial charge in [-0.15, -0.1) is 0 Å². The Balaban J connectivity index is 1.50. The van der Waals surface area contributed by atoms with E-state index in [0.717, 1.165) is 32.1 Å². The van der Waals surface area contributed by atoms with Crippen molar-refractivity contribution in [2.24, 2.45) is 23.7 Å². The maximum atomic E-state index is 13.4. The Morgan fingerprint density at radius 3 is 2.57 bits per heavy atom. The van der Waals surface area contributed by atoms with Crippen LogP contribution in [0.5, 0.6) is 5.88 Å². The van der Waals surface area contributed by atoms with E-state index in [1.807, 2.05) is 27.7 Å². The average Bonchev–Trinajstić information content (AvgIpc) is 3.15. The molecule has 0 aliphatic heterocycles. The number of carbonyl (C=O) groups excluding carboxylic acids is 2. The Bertz CT molecular complexity index is 953. The normalized spacial score (nSPS) is 29.7. The second-order valence-corrected chi connectivity index (χ2v) is 11.7. The molecule has 0 spiro atoms. The second kappa shape index (κ2) is 9.93. The van der Waals surface area contributed by atoms with Gasteiger partial charge in [-0.25, -0.2) is 4.68 Å². The molecule has 1 aromatic rings. The second-order valence-electron chi connectivity index (χ2n) is 11.7. The van der Waals surface area contributed by atoms with E-state index in [1.165, 1.54) is 13.3 Å². The molecule has 2 amide bonds. The molecule has 9 nitrogen and oxygen atoms in total. The van der Waals surface area contributed by atoms with Gasteiger partial charge in [0.15, 0.2) is 0 Å². The highest BCUT2D eigenvalue weighted by atomic mass is 16.5. The number of amides is 2. The third kappa shape index (κ3) is 5.89. The Labute approximate surface area is 207 Å². The van der Waals surface area contributed by atoms with Crippen LogP contribution in [0.3, 0.4) is 0 Å². The molecule has 4 aliphatic rings. The summed E-state index contributed by atoms with van der Waals surface area (Å²) >= 11 is 0. The summed E-state index contributed by atoms with van der Waals surface area (Å²) < 4.78 is 12.5. The smallest absolute Gasteiger partial charge is 0.258 e. The predicted octanol–water partition coefficient (Wildman–Crippen LogP) is 2.60. The lowest BCUT2D eigenvalue weighted by molar-refractivity contribution is -0.137. The SMILES string of the molecule is COCC(=O)NC(C)(C)/C=C/n1ncc(C(=O)N[C@H]2C3CC4CC2C[C@](O)(C4)C3)c1OCC(C)C. The van der Waals surface area contributed by atoms with Gasteiger partial charge in [0.25, 0.3) is 5.91 Å². The van der Waals surface area contributed by atoms with Crippen LogP contribution in [-0.2, 0) is 9.53 Å². The summed E-state index contributed by atoms with van der Waals surface area (Å²) in [6, 6.07) is 0.0751. The lowest BCUT2D eigenvalue weighted by atomic mass is 9.52. The van der Waals surface area contributed by atoms with Crippen molar-refractivity contribution in [3.05, 3.63) is 17.8 Å². The quantitative estimate of drug-likeness (QED) is 0.466. The molecule has 4 saturated carbocycles. The molecule has 2 unspecified atom stereocenters. The minimum Gasteiger partial charge on any atom is -0.477 e. The predicted molar refractivity (Wildman–Crippen MR) is 132 cm³/mol. The molecule has 3 N–H and O–H groups in total. The van der Waals surface area contributed by atoms with Gasteiger partial charge in [0.1, 0.15) is 12.2 Å². The summed E-state index contributed by atoms with van der Waals surface area (Å²) in [6.07, 6.45) is 9.65. The van der Waals surface area contributed by atoms with Crippen molar-refractivity contribution >= 4 is 18.0 Å². The zero-order valence-electron chi connectivity index (χ0n) is 21.5. The molecule has 5 rings (SSSR count). The van der Waals surface area contributed by atoms with Crippen LogP contribution in [0.4, 0.5) is 0 Å². The summed E-state index contributed by atoms with van der Waals surface area (Å²) in [5, 5.41) is 21.4. The zero-order chi connectivity index (χ0) is 25.4. The average molecular weight is 489 g/mol. The van der Waals surface area contributed by atoms with Crippen molar-refractivity contribution in [3.63, 3.8) is 0 Å². The molecule has 9 heteroatoms. The molecule has 35 heavy (non-hydrogen) atoms. The molecule has 4 bridgehead atoms. The lowest BCUT2D eigenvalue weighted by Gasteiger charge is -2.58. The maximum Gasteiger partial charge on any atom is 0.258 e. The Morgan fingerprint density at radius 1 is 1.29 bits per heavy atom. The summed E-state index contributed by atoms with van der Waals surface area (Å²) in [4.78, 5) is 25.3. The molecule has 194 valence electrons. The van der Waals surface area contributed by atoms with Gasteiger partial charge in [-0.2, -0.15) is 5.10 Å². The summed E-state index contributed by atoms with van der Waals surface area (Å²) in [5.74, 6) is 1.46. The van der Waals surface area contributed by atoms with Crippen molar-refractivity contribution in [1.82, 2.24) is 20.4 Å². The van der Waals surface area contributed by atoms with Crippen molar-refractivity contribution in [1.29, 1.82) is 0 Å². The molecule has 4 fully saturated rings. The van der Waals surface area contributed by atoms with Crippen LogP contribution in [-0.4, -0.2) is 64.2 Å². The van der Waals surface area contributed by atoms with E-state index in [0.29, 0.717) is 35.8 Å². The molecule has 2 atom stereocenters. The van der Waals surface area contributed by atoms with Crippen LogP contribution in [0.1, 0.15) is 70.2 Å². The first-order valence-corrected chi connectivity index (χ1v) is 12.7. The van der Waals surface area contributed by atoms with Gasteiger partial charge in [0.05, 0.1) is 23.9 Å². The van der Waals surface area contributed by atoms with Gasteiger partial charge < -0.3 is 25.2 Å². The monoisotopic (exact) mass is 488 g/mol. The third-order valence-electron chi connectivity index (χ3n) is 7.46. The van der Waals surface area contributed by atoms with Gasteiger partial charge in [0.2, 0.25) is 11.8 Å². The van der Waals surface area contributed by atoms with Gasteiger partial charge in [0, 0.05) is 19.4 Å². The minimum absolute atomic E-state index is 0.0204. The number of nitrogens with zero attached hydrogens (tertiary/aromatic N) is 2. The summed E-state index contributed by atoms with van der Waals surface area (Å²) in [6.45, 7) is 8.24. The first-order valence-electron chi connectivity index (χ1n) is 12.7.